The molecule has 16 heavy (non-hydrogen) atoms. The van der Waals surface area contributed by atoms with Gasteiger partial charge < -0.3 is 10.4 Å². The van der Waals surface area contributed by atoms with E-state index in [0.29, 0.717) is 13.1 Å². The molecule has 2 atom stereocenters. The number of carboxylic acids is 1. The van der Waals surface area contributed by atoms with E-state index in [0.717, 1.165) is 19.4 Å². The Balaban J connectivity index is 2.48. The van der Waals surface area contributed by atoms with E-state index in [-0.39, 0.29) is 11.8 Å². The Kier molecular flexibility index (Phi) is 4.73. The van der Waals surface area contributed by atoms with Gasteiger partial charge in [0.05, 0.1) is 0 Å². The van der Waals surface area contributed by atoms with Gasteiger partial charge in [-0.05, 0) is 25.3 Å². The molecule has 1 fully saturated rings. The Bertz CT molecular complexity index is 268. The van der Waals surface area contributed by atoms with Gasteiger partial charge in [-0.25, -0.2) is 0 Å². The highest BCUT2D eigenvalue weighted by atomic mass is 16.4. The first kappa shape index (κ1) is 13.0. The molecule has 2 N–H and O–H groups in total. The lowest BCUT2D eigenvalue weighted by Gasteiger charge is -2.37. The minimum Gasteiger partial charge on any atom is -0.480 e. The Labute approximate surface area is 95.8 Å². The number of hydrogen-bond acceptors (Lipinski definition) is 3. The number of carbonyl (C=O) groups is 2. The molecule has 5 nitrogen and oxygen atoms in total. The first-order valence-corrected chi connectivity index (χ1v) is 5.73. The summed E-state index contributed by atoms with van der Waals surface area (Å²) in [7, 11) is 0. The van der Waals surface area contributed by atoms with Crippen LogP contribution in [0.2, 0.25) is 0 Å². The molecule has 1 aliphatic rings. The van der Waals surface area contributed by atoms with E-state index in [1.807, 2.05) is 11.8 Å². The molecule has 0 aliphatic carbocycles. The Hall–Kier alpha value is -1.10. The number of rotatable bonds is 4. The van der Waals surface area contributed by atoms with Gasteiger partial charge in [0.15, 0.2) is 0 Å². The van der Waals surface area contributed by atoms with Crippen LogP contribution in [0, 0.1) is 5.92 Å². The number of nitrogens with one attached hydrogen (secondary N) is 1. The smallest absolute Gasteiger partial charge is 0.321 e. The van der Waals surface area contributed by atoms with Gasteiger partial charge >= 0.3 is 5.97 Å². The maximum atomic E-state index is 11.1. The average Bonchev–Trinajstić information content (AvgIpc) is 2.16. The Morgan fingerprint density at radius 3 is 2.75 bits per heavy atom. The topological polar surface area (TPSA) is 69.6 Å². The largest absolute Gasteiger partial charge is 0.480 e. The number of piperidine rings is 1. The predicted octanol–water partition coefficient (Wildman–Crippen LogP) is 0.308. The van der Waals surface area contributed by atoms with E-state index in [9.17, 15) is 9.59 Å². The van der Waals surface area contributed by atoms with Crippen LogP contribution in [-0.2, 0) is 9.59 Å². The lowest BCUT2D eigenvalue weighted by atomic mass is 9.91. The predicted molar refractivity (Wildman–Crippen MR) is 60.1 cm³/mol. The molecule has 1 amide bonds. The minimum absolute atomic E-state index is 0.0723. The monoisotopic (exact) mass is 228 g/mol. The molecule has 0 spiro atoms. The Morgan fingerprint density at radius 1 is 1.50 bits per heavy atom. The van der Waals surface area contributed by atoms with Crippen LogP contribution >= 0.6 is 0 Å². The molecule has 0 radical (unpaired) electrons. The van der Waals surface area contributed by atoms with Gasteiger partial charge in [0.2, 0.25) is 5.91 Å². The van der Waals surface area contributed by atoms with E-state index in [4.69, 9.17) is 5.11 Å². The third-order valence-electron chi connectivity index (χ3n) is 3.06. The van der Waals surface area contributed by atoms with Crippen molar-refractivity contribution in [2.75, 3.05) is 19.6 Å². The van der Waals surface area contributed by atoms with Crippen LogP contribution < -0.4 is 5.32 Å². The van der Waals surface area contributed by atoms with Crippen LogP contribution in [0.1, 0.15) is 26.7 Å². The quantitative estimate of drug-likeness (QED) is 0.726. The maximum absolute atomic E-state index is 11.1. The first-order chi connectivity index (χ1) is 7.52. The van der Waals surface area contributed by atoms with Crippen molar-refractivity contribution in [2.45, 2.75) is 32.7 Å². The van der Waals surface area contributed by atoms with E-state index < -0.39 is 12.0 Å². The van der Waals surface area contributed by atoms with Gasteiger partial charge in [0.25, 0.3) is 0 Å². The summed E-state index contributed by atoms with van der Waals surface area (Å²) >= 11 is 0. The standard InChI is InChI=1S/C11H20N2O3/c1-8-4-3-6-13(10(8)11(15)16)7-5-12-9(2)14/h8,10H,3-7H2,1-2H3,(H,12,14)(H,15,16). The molecule has 0 bridgehead atoms. The number of hydrogen-bond donors (Lipinski definition) is 2. The molecule has 0 aromatic heterocycles. The molecule has 0 saturated carbocycles. The molecule has 2 unspecified atom stereocenters. The number of carboxylic acid groups (broad SMARTS) is 1. The van der Waals surface area contributed by atoms with Crippen LogP contribution in [0.3, 0.4) is 0 Å². The molecule has 1 saturated heterocycles. The molecular formula is C11H20N2O3. The molecule has 1 heterocycles. The van der Waals surface area contributed by atoms with Crippen LogP contribution in [0.15, 0.2) is 0 Å². The van der Waals surface area contributed by atoms with Gasteiger partial charge in [-0.15, -0.1) is 0 Å². The second-order valence-electron chi connectivity index (χ2n) is 4.42. The zero-order chi connectivity index (χ0) is 12.1. The minimum atomic E-state index is -0.755. The maximum Gasteiger partial charge on any atom is 0.321 e. The zero-order valence-corrected chi connectivity index (χ0v) is 9.90. The second kappa shape index (κ2) is 5.84. The SMILES string of the molecule is CC(=O)NCCN1CCCC(C)C1C(=O)O. The number of aliphatic carboxylic acids is 1. The molecule has 0 aromatic carbocycles. The molecule has 5 heteroatoms. The van der Waals surface area contributed by atoms with Crippen molar-refractivity contribution < 1.29 is 14.7 Å². The fraction of sp³-hybridized carbons (Fsp3) is 0.818. The van der Waals surface area contributed by atoms with Gasteiger partial charge in [0, 0.05) is 20.0 Å². The number of nitrogens with zero attached hydrogens (tertiary/aromatic N) is 1. The van der Waals surface area contributed by atoms with Crippen LogP contribution in [0.5, 0.6) is 0 Å². The lowest BCUT2D eigenvalue weighted by molar-refractivity contribution is -0.146. The normalized spacial score (nSPS) is 26.4. The zero-order valence-electron chi connectivity index (χ0n) is 9.90. The van der Waals surface area contributed by atoms with Crippen LogP contribution in [0.25, 0.3) is 0 Å². The summed E-state index contributed by atoms with van der Waals surface area (Å²) in [6, 6.07) is -0.400. The molecule has 92 valence electrons. The second-order valence-corrected chi connectivity index (χ2v) is 4.42. The fourth-order valence-electron chi connectivity index (χ4n) is 2.30. The number of likely N-dealkylation sites (tertiary alicyclic amines) is 1. The van der Waals surface area contributed by atoms with E-state index >= 15 is 0 Å². The summed E-state index contributed by atoms with van der Waals surface area (Å²) in [4.78, 5) is 23.8. The highest BCUT2D eigenvalue weighted by Crippen LogP contribution is 2.22. The molecule has 1 aliphatic heterocycles. The summed E-state index contributed by atoms with van der Waals surface area (Å²) in [5.41, 5.74) is 0. The van der Waals surface area contributed by atoms with E-state index in [2.05, 4.69) is 5.32 Å². The van der Waals surface area contributed by atoms with Crippen molar-refractivity contribution in [3.63, 3.8) is 0 Å². The van der Waals surface area contributed by atoms with Crippen molar-refractivity contribution in [3.8, 4) is 0 Å². The van der Waals surface area contributed by atoms with Gasteiger partial charge in [-0.3, -0.25) is 14.5 Å². The third kappa shape index (κ3) is 3.48. The summed E-state index contributed by atoms with van der Waals surface area (Å²) in [5, 5.41) is 11.9. The summed E-state index contributed by atoms with van der Waals surface area (Å²) in [6.07, 6.45) is 2.00. The molecule has 0 aromatic rings. The fourth-order valence-corrected chi connectivity index (χ4v) is 2.30. The first-order valence-electron chi connectivity index (χ1n) is 5.73. The van der Waals surface area contributed by atoms with Gasteiger partial charge in [0.1, 0.15) is 6.04 Å². The third-order valence-corrected chi connectivity index (χ3v) is 3.06. The molecular weight excluding hydrogens is 208 g/mol. The van der Waals surface area contributed by atoms with Crippen molar-refractivity contribution in [1.29, 1.82) is 0 Å². The highest BCUT2D eigenvalue weighted by molar-refractivity contribution is 5.74. The van der Waals surface area contributed by atoms with Crippen LogP contribution in [-0.4, -0.2) is 47.6 Å². The van der Waals surface area contributed by atoms with Gasteiger partial charge in [-0.2, -0.15) is 0 Å². The Morgan fingerprint density at radius 2 is 2.19 bits per heavy atom. The van der Waals surface area contributed by atoms with E-state index in [1.165, 1.54) is 6.92 Å². The summed E-state index contributed by atoms with van der Waals surface area (Å²) in [5.74, 6) is -0.643. The lowest BCUT2D eigenvalue weighted by Crippen LogP contribution is -2.51. The van der Waals surface area contributed by atoms with Crippen LogP contribution in [0.4, 0.5) is 0 Å². The summed E-state index contributed by atoms with van der Waals surface area (Å²) in [6.45, 7) is 5.38. The van der Waals surface area contributed by atoms with Crippen molar-refractivity contribution in [3.05, 3.63) is 0 Å². The number of carbonyl (C=O) groups excluding carboxylic acids is 1. The van der Waals surface area contributed by atoms with Crippen molar-refractivity contribution in [1.82, 2.24) is 10.2 Å². The average molecular weight is 228 g/mol. The van der Waals surface area contributed by atoms with Crippen molar-refractivity contribution >= 4 is 11.9 Å². The highest BCUT2D eigenvalue weighted by Gasteiger charge is 2.33. The van der Waals surface area contributed by atoms with Gasteiger partial charge in [-0.1, -0.05) is 6.92 Å². The van der Waals surface area contributed by atoms with Crippen molar-refractivity contribution in [2.24, 2.45) is 5.92 Å². The van der Waals surface area contributed by atoms with E-state index in [1.54, 1.807) is 0 Å². The molecule has 1 rings (SSSR count). The summed E-state index contributed by atoms with van der Waals surface area (Å²) < 4.78 is 0. The number of amides is 1.